The smallest absolute Gasteiger partial charge is 0.446 e. The lowest BCUT2D eigenvalue weighted by Crippen LogP contribution is -2.32. The molecular weight excluding hydrogens is 317 g/mol. The highest BCUT2D eigenvalue weighted by atomic mass is 32.2. The predicted molar refractivity (Wildman–Crippen MR) is 75.8 cm³/mol. The lowest BCUT2D eigenvalue weighted by molar-refractivity contribution is -0.144. The molecule has 7 heteroatoms. The van der Waals surface area contributed by atoms with Crippen LogP contribution in [0.5, 0.6) is 0 Å². The van der Waals surface area contributed by atoms with Gasteiger partial charge in [0.25, 0.3) is 0 Å². The number of aliphatic carboxylic acids is 1. The second-order valence-corrected chi connectivity index (χ2v) is 6.41. The van der Waals surface area contributed by atoms with Crippen molar-refractivity contribution >= 4 is 23.5 Å². The van der Waals surface area contributed by atoms with E-state index in [1.165, 1.54) is 24.3 Å². The summed E-state index contributed by atoms with van der Waals surface area (Å²) in [6.45, 7) is 0. The molecule has 0 amide bonds. The van der Waals surface area contributed by atoms with Gasteiger partial charge in [0.05, 0.1) is 5.92 Å². The van der Waals surface area contributed by atoms with Gasteiger partial charge in [-0.2, -0.15) is 13.2 Å². The Bertz CT molecular complexity index is 554. The summed E-state index contributed by atoms with van der Waals surface area (Å²) < 4.78 is 36.8. The molecule has 0 bridgehead atoms. The average molecular weight is 332 g/mol. The topological polar surface area (TPSA) is 54.4 Å². The third-order valence-corrected chi connectivity index (χ3v) is 4.53. The SMILES string of the molecule is O=C(O)C1CCCCC1C(=O)c1ccc(SC(F)(F)F)cc1. The minimum absolute atomic E-state index is 0.00230. The molecule has 0 aromatic heterocycles. The molecule has 1 saturated carbocycles. The maximum atomic E-state index is 12.4. The van der Waals surface area contributed by atoms with Crippen LogP contribution in [-0.2, 0) is 4.79 Å². The number of benzene rings is 1. The van der Waals surface area contributed by atoms with E-state index in [2.05, 4.69) is 0 Å². The number of alkyl halides is 3. The number of Topliss-reactive ketones (excluding diaryl/α,β-unsaturated/α-hetero) is 1. The van der Waals surface area contributed by atoms with Gasteiger partial charge in [0.15, 0.2) is 5.78 Å². The first-order chi connectivity index (χ1) is 10.3. The summed E-state index contributed by atoms with van der Waals surface area (Å²) in [6.07, 6.45) is 2.55. The summed E-state index contributed by atoms with van der Waals surface area (Å²) in [4.78, 5) is 23.7. The van der Waals surface area contributed by atoms with E-state index in [-0.39, 0.29) is 28.0 Å². The van der Waals surface area contributed by atoms with Crippen molar-refractivity contribution in [2.45, 2.75) is 36.1 Å². The van der Waals surface area contributed by atoms with Crippen LogP contribution in [0.15, 0.2) is 29.2 Å². The first-order valence-corrected chi connectivity index (χ1v) is 7.72. The molecule has 1 fully saturated rings. The third-order valence-electron chi connectivity index (χ3n) is 3.79. The number of carbonyl (C=O) groups excluding carboxylic acids is 1. The molecule has 1 aromatic carbocycles. The zero-order valence-corrected chi connectivity index (χ0v) is 12.4. The molecule has 2 rings (SSSR count). The quantitative estimate of drug-likeness (QED) is 0.657. The van der Waals surface area contributed by atoms with Crippen LogP contribution in [0.4, 0.5) is 13.2 Å². The number of rotatable bonds is 4. The van der Waals surface area contributed by atoms with Gasteiger partial charge in [0.2, 0.25) is 0 Å². The Hall–Kier alpha value is -1.50. The largest absolute Gasteiger partial charge is 0.481 e. The molecule has 0 aliphatic heterocycles. The first kappa shape index (κ1) is 16.9. The van der Waals surface area contributed by atoms with Gasteiger partial charge >= 0.3 is 11.5 Å². The highest BCUT2D eigenvalue weighted by Gasteiger charge is 2.36. The number of carboxylic acids is 1. The van der Waals surface area contributed by atoms with Crippen LogP contribution in [0, 0.1) is 11.8 Å². The van der Waals surface area contributed by atoms with Crippen LogP contribution < -0.4 is 0 Å². The molecule has 2 atom stereocenters. The third kappa shape index (κ3) is 4.25. The van der Waals surface area contributed by atoms with Crippen molar-refractivity contribution in [3.63, 3.8) is 0 Å². The molecule has 0 heterocycles. The number of carbonyl (C=O) groups is 2. The van der Waals surface area contributed by atoms with Crippen LogP contribution in [0.1, 0.15) is 36.0 Å². The van der Waals surface area contributed by atoms with Crippen LogP contribution in [0.25, 0.3) is 0 Å². The minimum atomic E-state index is -4.37. The summed E-state index contributed by atoms with van der Waals surface area (Å²) in [7, 11) is 0. The minimum Gasteiger partial charge on any atom is -0.481 e. The number of hydrogen-bond acceptors (Lipinski definition) is 3. The summed E-state index contributed by atoms with van der Waals surface area (Å²) in [6, 6.07) is 5.15. The van der Waals surface area contributed by atoms with E-state index >= 15 is 0 Å². The Morgan fingerprint density at radius 2 is 1.59 bits per heavy atom. The standard InChI is InChI=1S/C15H15F3O3S/c16-15(17,18)22-10-7-5-9(6-8-10)13(19)11-3-1-2-4-12(11)14(20)21/h5-8,11-12H,1-4H2,(H,20,21). The molecule has 120 valence electrons. The van der Waals surface area contributed by atoms with Gasteiger partial charge in [-0.25, -0.2) is 0 Å². The van der Waals surface area contributed by atoms with Crippen molar-refractivity contribution < 1.29 is 27.9 Å². The van der Waals surface area contributed by atoms with Crippen molar-refractivity contribution in [3.05, 3.63) is 29.8 Å². The van der Waals surface area contributed by atoms with E-state index in [0.29, 0.717) is 12.8 Å². The fourth-order valence-electron chi connectivity index (χ4n) is 2.78. The Labute approximate surface area is 129 Å². The van der Waals surface area contributed by atoms with E-state index < -0.39 is 23.3 Å². The Morgan fingerprint density at radius 1 is 1.05 bits per heavy atom. The average Bonchev–Trinajstić information content (AvgIpc) is 2.45. The molecule has 2 unspecified atom stereocenters. The van der Waals surface area contributed by atoms with Crippen LogP contribution in [0.2, 0.25) is 0 Å². The van der Waals surface area contributed by atoms with Crippen molar-refractivity contribution in [3.8, 4) is 0 Å². The van der Waals surface area contributed by atoms with Crippen molar-refractivity contribution in [1.82, 2.24) is 0 Å². The molecule has 1 N–H and O–H groups in total. The van der Waals surface area contributed by atoms with Gasteiger partial charge in [-0.3, -0.25) is 9.59 Å². The van der Waals surface area contributed by atoms with Gasteiger partial charge in [0, 0.05) is 16.4 Å². The Balaban J connectivity index is 2.13. The highest BCUT2D eigenvalue weighted by Crippen LogP contribution is 2.37. The van der Waals surface area contributed by atoms with Gasteiger partial charge in [-0.05, 0) is 36.7 Å². The molecule has 22 heavy (non-hydrogen) atoms. The first-order valence-electron chi connectivity index (χ1n) is 6.91. The number of carboxylic acid groups (broad SMARTS) is 1. The number of thioether (sulfide) groups is 1. The predicted octanol–water partition coefficient (Wildman–Crippen LogP) is 4.37. The molecular formula is C15H15F3O3S. The lowest BCUT2D eigenvalue weighted by atomic mass is 9.75. The van der Waals surface area contributed by atoms with E-state index in [9.17, 15) is 27.9 Å². The molecule has 1 aromatic rings. The van der Waals surface area contributed by atoms with E-state index in [1.54, 1.807) is 0 Å². The summed E-state index contributed by atoms with van der Waals surface area (Å²) in [5.41, 5.74) is -4.10. The molecule has 0 saturated heterocycles. The molecule has 0 radical (unpaired) electrons. The number of halogens is 3. The van der Waals surface area contributed by atoms with Crippen molar-refractivity contribution in [1.29, 1.82) is 0 Å². The second-order valence-electron chi connectivity index (χ2n) is 5.27. The maximum Gasteiger partial charge on any atom is 0.446 e. The van der Waals surface area contributed by atoms with Gasteiger partial charge in [-0.1, -0.05) is 25.0 Å². The zero-order valence-electron chi connectivity index (χ0n) is 11.6. The van der Waals surface area contributed by atoms with Crippen LogP contribution in [0.3, 0.4) is 0 Å². The summed E-state index contributed by atoms with van der Waals surface area (Å²) >= 11 is -0.243. The van der Waals surface area contributed by atoms with Crippen molar-refractivity contribution in [2.24, 2.45) is 11.8 Å². The van der Waals surface area contributed by atoms with Crippen LogP contribution >= 0.6 is 11.8 Å². The van der Waals surface area contributed by atoms with Gasteiger partial charge in [-0.15, -0.1) is 0 Å². The fraction of sp³-hybridized carbons (Fsp3) is 0.467. The number of ketones is 1. The van der Waals surface area contributed by atoms with E-state index in [1.807, 2.05) is 0 Å². The molecule has 3 nitrogen and oxygen atoms in total. The Kier molecular flexibility index (Phi) is 5.16. The Morgan fingerprint density at radius 3 is 2.09 bits per heavy atom. The normalized spacial score (nSPS) is 22.3. The second kappa shape index (κ2) is 6.73. The molecule has 0 spiro atoms. The summed E-state index contributed by atoms with van der Waals surface area (Å²) in [5.74, 6) is -2.57. The molecule has 1 aliphatic rings. The van der Waals surface area contributed by atoms with Crippen molar-refractivity contribution in [2.75, 3.05) is 0 Å². The highest BCUT2D eigenvalue weighted by molar-refractivity contribution is 8.00. The van der Waals surface area contributed by atoms with E-state index in [4.69, 9.17) is 0 Å². The molecule has 1 aliphatic carbocycles. The van der Waals surface area contributed by atoms with Gasteiger partial charge in [0.1, 0.15) is 0 Å². The lowest BCUT2D eigenvalue weighted by Gasteiger charge is -2.27. The van der Waals surface area contributed by atoms with Gasteiger partial charge < -0.3 is 5.11 Å². The zero-order chi connectivity index (χ0) is 16.3. The number of hydrogen-bond donors (Lipinski definition) is 1. The fourth-order valence-corrected chi connectivity index (χ4v) is 3.31. The van der Waals surface area contributed by atoms with E-state index in [0.717, 1.165) is 12.8 Å². The summed E-state index contributed by atoms with van der Waals surface area (Å²) in [5, 5.41) is 9.20. The maximum absolute atomic E-state index is 12.4. The van der Waals surface area contributed by atoms with Crippen LogP contribution in [-0.4, -0.2) is 22.4 Å². The monoisotopic (exact) mass is 332 g/mol.